The molecule has 7 heteroatoms. The Labute approximate surface area is 119 Å². The van der Waals surface area contributed by atoms with Crippen molar-refractivity contribution < 1.29 is 13.2 Å². The van der Waals surface area contributed by atoms with Gasteiger partial charge in [-0.2, -0.15) is 4.31 Å². The molecule has 0 bridgehead atoms. The first-order valence-corrected chi connectivity index (χ1v) is 7.97. The Morgan fingerprint density at radius 2 is 1.80 bits per heavy atom. The first-order chi connectivity index (χ1) is 9.45. The highest BCUT2D eigenvalue weighted by atomic mass is 32.2. The van der Waals surface area contributed by atoms with E-state index >= 15 is 0 Å². The fourth-order valence-corrected chi connectivity index (χ4v) is 3.66. The molecule has 1 heterocycles. The summed E-state index contributed by atoms with van der Waals surface area (Å²) >= 11 is 0. The number of carbonyl (C=O) groups is 1. The second-order valence-electron chi connectivity index (χ2n) is 4.85. The maximum absolute atomic E-state index is 12.4. The Morgan fingerprint density at radius 1 is 1.25 bits per heavy atom. The van der Waals surface area contributed by atoms with Crippen molar-refractivity contribution >= 4 is 15.9 Å². The SMILES string of the molecule is CNC(=O)c1ccc(S(=O)(=O)N2CCC(N)CC2)cc1. The molecule has 1 aromatic rings. The number of nitrogens with one attached hydrogen (secondary N) is 1. The van der Waals surface area contributed by atoms with Gasteiger partial charge in [0.1, 0.15) is 0 Å². The van der Waals surface area contributed by atoms with E-state index < -0.39 is 10.0 Å². The van der Waals surface area contributed by atoms with Crippen molar-refractivity contribution in [2.45, 2.75) is 23.8 Å². The van der Waals surface area contributed by atoms with Gasteiger partial charge in [0, 0.05) is 31.7 Å². The first kappa shape index (κ1) is 15.0. The van der Waals surface area contributed by atoms with E-state index in [1.165, 1.54) is 35.6 Å². The maximum Gasteiger partial charge on any atom is 0.251 e. The van der Waals surface area contributed by atoms with Crippen LogP contribution in [0.1, 0.15) is 23.2 Å². The number of nitrogens with two attached hydrogens (primary N) is 1. The van der Waals surface area contributed by atoms with E-state index in [0.717, 1.165) is 0 Å². The fraction of sp³-hybridized carbons (Fsp3) is 0.462. The molecule has 0 spiro atoms. The lowest BCUT2D eigenvalue weighted by Crippen LogP contribution is -2.42. The predicted molar refractivity (Wildman–Crippen MR) is 75.8 cm³/mol. The largest absolute Gasteiger partial charge is 0.355 e. The minimum Gasteiger partial charge on any atom is -0.355 e. The molecule has 0 saturated carbocycles. The van der Waals surface area contributed by atoms with Crippen LogP contribution in [-0.2, 0) is 10.0 Å². The highest BCUT2D eigenvalue weighted by molar-refractivity contribution is 7.89. The molecule has 0 atom stereocenters. The van der Waals surface area contributed by atoms with Gasteiger partial charge in [-0.15, -0.1) is 0 Å². The fourth-order valence-electron chi connectivity index (χ4n) is 2.19. The van der Waals surface area contributed by atoms with E-state index in [1.54, 1.807) is 0 Å². The van der Waals surface area contributed by atoms with Crippen LogP contribution in [0.15, 0.2) is 29.2 Å². The van der Waals surface area contributed by atoms with E-state index in [1.807, 2.05) is 0 Å². The summed E-state index contributed by atoms with van der Waals surface area (Å²) in [6.07, 6.45) is 1.35. The van der Waals surface area contributed by atoms with Gasteiger partial charge in [0.15, 0.2) is 0 Å². The third kappa shape index (κ3) is 3.00. The zero-order valence-corrected chi connectivity index (χ0v) is 12.2. The number of amides is 1. The summed E-state index contributed by atoms with van der Waals surface area (Å²) in [6.45, 7) is 0.890. The monoisotopic (exact) mass is 297 g/mol. The lowest BCUT2D eigenvalue weighted by atomic mass is 10.1. The molecule has 110 valence electrons. The molecule has 1 saturated heterocycles. The highest BCUT2D eigenvalue weighted by Crippen LogP contribution is 2.20. The lowest BCUT2D eigenvalue weighted by molar-refractivity contribution is 0.0963. The topological polar surface area (TPSA) is 92.5 Å². The van der Waals surface area contributed by atoms with Crippen molar-refractivity contribution in [3.63, 3.8) is 0 Å². The predicted octanol–water partition coefficient (Wildman–Crippen LogP) is 0.158. The number of sulfonamides is 1. The van der Waals surface area contributed by atoms with Gasteiger partial charge in [-0.05, 0) is 37.1 Å². The molecule has 0 aromatic heterocycles. The Balaban J connectivity index is 2.19. The smallest absolute Gasteiger partial charge is 0.251 e. The van der Waals surface area contributed by atoms with Crippen molar-refractivity contribution in [1.82, 2.24) is 9.62 Å². The second-order valence-corrected chi connectivity index (χ2v) is 6.78. The average Bonchev–Trinajstić information content (AvgIpc) is 2.47. The maximum atomic E-state index is 12.4. The van der Waals surface area contributed by atoms with Crippen molar-refractivity contribution in [1.29, 1.82) is 0 Å². The second kappa shape index (κ2) is 5.90. The van der Waals surface area contributed by atoms with E-state index in [0.29, 0.717) is 31.5 Å². The summed E-state index contributed by atoms with van der Waals surface area (Å²) in [5.74, 6) is -0.238. The third-order valence-corrected chi connectivity index (χ3v) is 5.39. The summed E-state index contributed by atoms with van der Waals surface area (Å²) < 4.78 is 26.3. The molecule has 0 aliphatic carbocycles. The number of piperidine rings is 1. The van der Waals surface area contributed by atoms with Crippen molar-refractivity contribution in [2.24, 2.45) is 5.73 Å². The molecule has 1 aliphatic heterocycles. The normalized spacial score (nSPS) is 17.9. The molecule has 1 aliphatic rings. The molecule has 0 radical (unpaired) electrons. The summed E-state index contributed by atoms with van der Waals surface area (Å²) in [7, 11) is -1.96. The van der Waals surface area contributed by atoms with Gasteiger partial charge in [-0.25, -0.2) is 8.42 Å². The summed E-state index contributed by atoms with van der Waals surface area (Å²) in [5.41, 5.74) is 6.22. The van der Waals surface area contributed by atoms with Crippen LogP contribution in [0, 0.1) is 0 Å². The van der Waals surface area contributed by atoms with Gasteiger partial charge in [0.05, 0.1) is 4.90 Å². The number of hydrogen-bond donors (Lipinski definition) is 2. The van der Waals surface area contributed by atoms with Crippen LogP contribution in [0.25, 0.3) is 0 Å². The van der Waals surface area contributed by atoms with Crippen LogP contribution in [-0.4, -0.2) is 44.8 Å². The van der Waals surface area contributed by atoms with Gasteiger partial charge in [-0.1, -0.05) is 0 Å². The van der Waals surface area contributed by atoms with Crippen LogP contribution in [0.4, 0.5) is 0 Å². The Bertz CT molecular complexity index is 575. The van der Waals surface area contributed by atoms with Crippen LogP contribution in [0.3, 0.4) is 0 Å². The molecule has 1 amide bonds. The van der Waals surface area contributed by atoms with Gasteiger partial charge in [0.25, 0.3) is 5.91 Å². The van der Waals surface area contributed by atoms with Crippen molar-refractivity contribution in [3.8, 4) is 0 Å². The number of benzene rings is 1. The average molecular weight is 297 g/mol. The third-order valence-electron chi connectivity index (χ3n) is 3.48. The number of nitrogens with zero attached hydrogens (tertiary/aromatic N) is 1. The summed E-state index contributed by atoms with van der Waals surface area (Å²) in [4.78, 5) is 11.6. The zero-order chi connectivity index (χ0) is 14.8. The van der Waals surface area contributed by atoms with Gasteiger partial charge < -0.3 is 11.1 Å². The van der Waals surface area contributed by atoms with Crippen LogP contribution in [0.2, 0.25) is 0 Å². The van der Waals surface area contributed by atoms with E-state index in [4.69, 9.17) is 5.73 Å². The summed E-state index contributed by atoms with van der Waals surface area (Å²) in [5, 5.41) is 2.49. The molecule has 1 fully saturated rings. The van der Waals surface area contributed by atoms with Crippen LogP contribution >= 0.6 is 0 Å². The molecule has 0 unspecified atom stereocenters. The Kier molecular flexibility index (Phi) is 4.42. The number of carbonyl (C=O) groups excluding carboxylic acids is 1. The quantitative estimate of drug-likeness (QED) is 0.831. The molecule has 3 N–H and O–H groups in total. The van der Waals surface area contributed by atoms with Gasteiger partial charge in [0.2, 0.25) is 10.0 Å². The lowest BCUT2D eigenvalue weighted by Gasteiger charge is -2.29. The van der Waals surface area contributed by atoms with Crippen LogP contribution < -0.4 is 11.1 Å². The van der Waals surface area contributed by atoms with Crippen LogP contribution in [0.5, 0.6) is 0 Å². The van der Waals surface area contributed by atoms with Crippen molar-refractivity contribution in [3.05, 3.63) is 29.8 Å². The molecule has 1 aromatic carbocycles. The van der Waals surface area contributed by atoms with E-state index in [9.17, 15) is 13.2 Å². The molecular weight excluding hydrogens is 278 g/mol. The molecule has 20 heavy (non-hydrogen) atoms. The molecule has 2 rings (SSSR count). The van der Waals surface area contributed by atoms with E-state index in [2.05, 4.69) is 5.32 Å². The van der Waals surface area contributed by atoms with Gasteiger partial charge >= 0.3 is 0 Å². The first-order valence-electron chi connectivity index (χ1n) is 6.53. The number of rotatable bonds is 3. The Hall–Kier alpha value is -1.44. The minimum absolute atomic E-state index is 0.0806. The summed E-state index contributed by atoms with van der Waals surface area (Å²) in [6, 6.07) is 6.04. The minimum atomic E-state index is -3.49. The standard InChI is InChI=1S/C13H19N3O3S/c1-15-13(17)10-2-4-12(5-3-10)20(18,19)16-8-6-11(14)7-9-16/h2-5,11H,6-9,14H2,1H3,(H,15,17). The zero-order valence-electron chi connectivity index (χ0n) is 11.4. The number of hydrogen-bond acceptors (Lipinski definition) is 4. The van der Waals surface area contributed by atoms with Crippen molar-refractivity contribution in [2.75, 3.05) is 20.1 Å². The van der Waals surface area contributed by atoms with E-state index in [-0.39, 0.29) is 16.8 Å². The highest BCUT2D eigenvalue weighted by Gasteiger charge is 2.28. The molecular formula is C13H19N3O3S. The molecule has 6 nitrogen and oxygen atoms in total. The van der Waals surface area contributed by atoms with Gasteiger partial charge in [-0.3, -0.25) is 4.79 Å². The Morgan fingerprint density at radius 3 is 2.30 bits per heavy atom.